The van der Waals surface area contributed by atoms with E-state index in [1.165, 1.54) is 12.3 Å². The van der Waals surface area contributed by atoms with Crippen molar-refractivity contribution in [2.75, 3.05) is 7.05 Å². The van der Waals surface area contributed by atoms with Crippen LogP contribution in [0.3, 0.4) is 0 Å². The Balaban J connectivity index is 1.64. The molecule has 1 aliphatic carbocycles. The molecular formula is C19H17FN4. The minimum Gasteiger partial charge on any atom is -0.384 e. The molecule has 120 valence electrons. The van der Waals surface area contributed by atoms with Crippen LogP contribution in [0, 0.1) is 17.7 Å². The number of nitrogens with one attached hydrogen (secondary N) is 2. The van der Waals surface area contributed by atoms with E-state index in [2.05, 4.69) is 44.3 Å². The van der Waals surface area contributed by atoms with E-state index < -0.39 is 0 Å². The Hall–Kier alpha value is -3.13. The average Bonchev–Trinajstić information content (AvgIpc) is 3.00. The summed E-state index contributed by atoms with van der Waals surface area (Å²) in [7, 11) is 1.73. The minimum absolute atomic E-state index is 0.261. The monoisotopic (exact) mass is 320 g/mol. The molecule has 0 fully saturated rings. The first-order valence-electron chi connectivity index (χ1n) is 7.62. The van der Waals surface area contributed by atoms with Crippen LogP contribution in [0.5, 0.6) is 0 Å². The Bertz CT molecular complexity index is 906. The highest BCUT2D eigenvalue weighted by Crippen LogP contribution is 2.14. The highest BCUT2D eigenvalue weighted by Gasteiger charge is 2.05. The summed E-state index contributed by atoms with van der Waals surface area (Å²) in [6, 6.07) is 3.50. The molecule has 0 saturated heterocycles. The van der Waals surface area contributed by atoms with Crippen LogP contribution in [0.1, 0.15) is 12.1 Å². The third-order valence-corrected chi connectivity index (χ3v) is 3.52. The average molecular weight is 320 g/mol. The molecule has 0 aromatic carbocycles. The van der Waals surface area contributed by atoms with E-state index in [0.717, 1.165) is 23.1 Å². The van der Waals surface area contributed by atoms with Crippen LogP contribution in [0.2, 0.25) is 0 Å². The van der Waals surface area contributed by atoms with Crippen molar-refractivity contribution in [3.63, 3.8) is 0 Å². The number of rotatable bonds is 3. The summed E-state index contributed by atoms with van der Waals surface area (Å²) in [5, 5.41) is 3.99. The predicted molar refractivity (Wildman–Crippen MR) is 95.2 cm³/mol. The van der Waals surface area contributed by atoms with Gasteiger partial charge in [-0.25, -0.2) is 9.37 Å². The number of aromatic nitrogens is 2. The first kappa shape index (κ1) is 15.8. The van der Waals surface area contributed by atoms with Crippen molar-refractivity contribution in [1.29, 1.82) is 0 Å². The van der Waals surface area contributed by atoms with Gasteiger partial charge in [0.2, 0.25) is 0 Å². The van der Waals surface area contributed by atoms with Crippen LogP contribution in [0.25, 0.3) is 11.0 Å². The molecular weight excluding hydrogens is 303 g/mol. The highest BCUT2D eigenvalue weighted by atomic mass is 19.1. The molecule has 2 aromatic rings. The van der Waals surface area contributed by atoms with Crippen LogP contribution in [0.15, 0.2) is 59.4 Å². The number of halogens is 1. The van der Waals surface area contributed by atoms with Crippen LogP contribution in [0.4, 0.5) is 4.39 Å². The maximum Gasteiger partial charge on any atom is 0.142 e. The highest BCUT2D eigenvalue weighted by molar-refractivity contribution is 5.77. The van der Waals surface area contributed by atoms with Crippen molar-refractivity contribution in [3.05, 3.63) is 65.9 Å². The zero-order chi connectivity index (χ0) is 16.8. The lowest BCUT2D eigenvalue weighted by Crippen LogP contribution is -2.22. The Morgan fingerprint density at radius 3 is 3.12 bits per heavy atom. The molecule has 4 nitrogen and oxygen atoms in total. The van der Waals surface area contributed by atoms with E-state index >= 15 is 0 Å². The van der Waals surface area contributed by atoms with Crippen molar-refractivity contribution in [1.82, 2.24) is 15.3 Å². The van der Waals surface area contributed by atoms with E-state index in [1.807, 2.05) is 18.4 Å². The molecule has 1 atom stereocenters. The molecule has 1 unspecified atom stereocenters. The fourth-order valence-electron chi connectivity index (χ4n) is 2.34. The molecule has 0 bridgehead atoms. The number of fused-ring (bicyclic) bond motifs is 1. The number of nitrogens with zero attached hydrogens (tertiary/aromatic N) is 2. The zero-order valence-corrected chi connectivity index (χ0v) is 13.3. The molecule has 1 aliphatic rings. The maximum absolute atomic E-state index is 13.1. The topological polar surface area (TPSA) is 53.1 Å². The third-order valence-electron chi connectivity index (χ3n) is 3.52. The molecule has 2 N–H and O–H groups in total. The van der Waals surface area contributed by atoms with Gasteiger partial charge in [0.05, 0.1) is 11.9 Å². The molecule has 0 saturated carbocycles. The lowest BCUT2D eigenvalue weighted by molar-refractivity contribution is 0.624. The molecule has 2 aromatic heterocycles. The first-order chi connectivity index (χ1) is 11.7. The van der Waals surface area contributed by atoms with Crippen LogP contribution < -0.4 is 5.32 Å². The van der Waals surface area contributed by atoms with Crippen molar-refractivity contribution < 1.29 is 4.39 Å². The van der Waals surface area contributed by atoms with E-state index in [-0.39, 0.29) is 11.9 Å². The Labute approximate surface area is 139 Å². The second-order valence-electron chi connectivity index (χ2n) is 5.32. The van der Waals surface area contributed by atoms with Crippen molar-refractivity contribution >= 4 is 17.2 Å². The van der Waals surface area contributed by atoms with Gasteiger partial charge in [0.25, 0.3) is 0 Å². The van der Waals surface area contributed by atoms with Gasteiger partial charge in [-0.1, -0.05) is 18.1 Å². The second-order valence-corrected chi connectivity index (χ2v) is 5.32. The van der Waals surface area contributed by atoms with E-state index in [1.54, 1.807) is 19.3 Å². The number of H-pyrrole nitrogens is 1. The zero-order valence-electron chi connectivity index (χ0n) is 13.3. The standard InChI is InChI=1S/C19H17FN4/c1-21-9-2-10-22-17-6-3-14(4-7-17)5-8-18-12-15-11-16(20)13-23-19(15)24-18/h2-4,6,9-13,17,22H,7H2,1H3,(H,23,24)/b10-2-,21-9?. The van der Waals surface area contributed by atoms with Gasteiger partial charge in [-0.3, -0.25) is 4.99 Å². The minimum atomic E-state index is -0.350. The third kappa shape index (κ3) is 3.99. The van der Waals surface area contributed by atoms with Crippen molar-refractivity contribution in [3.8, 4) is 11.8 Å². The first-order valence-corrected chi connectivity index (χ1v) is 7.62. The molecule has 24 heavy (non-hydrogen) atoms. The fourth-order valence-corrected chi connectivity index (χ4v) is 2.34. The number of allylic oxidation sites excluding steroid dienone is 3. The van der Waals surface area contributed by atoms with Gasteiger partial charge in [-0.2, -0.15) is 0 Å². The summed E-state index contributed by atoms with van der Waals surface area (Å²) in [6.07, 6.45) is 13.7. The summed E-state index contributed by atoms with van der Waals surface area (Å²) in [5.41, 5.74) is 2.32. The van der Waals surface area contributed by atoms with E-state index in [0.29, 0.717) is 5.65 Å². The normalized spacial score (nSPS) is 17.2. The van der Waals surface area contributed by atoms with Gasteiger partial charge in [0, 0.05) is 30.3 Å². The number of aliphatic imine (C=N–C) groups is 1. The fraction of sp³-hybridized carbons (Fsp3) is 0.158. The van der Waals surface area contributed by atoms with Gasteiger partial charge in [-0.05, 0) is 42.8 Å². The van der Waals surface area contributed by atoms with Crippen LogP contribution >= 0.6 is 0 Å². The molecule has 2 heterocycles. The molecule has 0 spiro atoms. The maximum atomic E-state index is 13.1. The Kier molecular flexibility index (Phi) is 4.87. The number of aromatic amines is 1. The Morgan fingerprint density at radius 1 is 1.42 bits per heavy atom. The van der Waals surface area contributed by atoms with Gasteiger partial charge in [0.15, 0.2) is 0 Å². The summed E-state index contributed by atoms with van der Waals surface area (Å²) >= 11 is 0. The number of hydrogen-bond acceptors (Lipinski definition) is 3. The molecule has 0 amide bonds. The van der Waals surface area contributed by atoms with Gasteiger partial charge in [-0.15, -0.1) is 0 Å². The summed E-state index contributed by atoms with van der Waals surface area (Å²) in [6.45, 7) is 0. The second kappa shape index (κ2) is 7.42. The Morgan fingerprint density at radius 2 is 2.33 bits per heavy atom. The number of hydrogen-bond donors (Lipinski definition) is 2. The van der Waals surface area contributed by atoms with E-state index in [4.69, 9.17) is 0 Å². The number of pyridine rings is 1. The summed E-state index contributed by atoms with van der Waals surface area (Å²) < 4.78 is 13.1. The van der Waals surface area contributed by atoms with Gasteiger partial charge in [0.1, 0.15) is 11.5 Å². The molecule has 0 aliphatic heterocycles. The molecule has 0 radical (unpaired) electrons. The van der Waals surface area contributed by atoms with Gasteiger partial charge < -0.3 is 10.3 Å². The van der Waals surface area contributed by atoms with Crippen LogP contribution in [-0.4, -0.2) is 29.3 Å². The lowest BCUT2D eigenvalue weighted by Gasteiger charge is -2.14. The summed E-state index contributed by atoms with van der Waals surface area (Å²) in [4.78, 5) is 10.9. The molecule has 3 rings (SSSR count). The smallest absolute Gasteiger partial charge is 0.142 e. The SMILES string of the molecule is CN=C/C=C\NC1C=CC(C#Cc2cc3cc(F)cnc3[nH]2)=CC1. The molecule has 5 heteroatoms. The lowest BCUT2D eigenvalue weighted by atomic mass is 10.0. The van der Waals surface area contributed by atoms with Gasteiger partial charge >= 0.3 is 0 Å². The largest absolute Gasteiger partial charge is 0.384 e. The quantitative estimate of drug-likeness (QED) is 0.674. The van der Waals surface area contributed by atoms with Crippen molar-refractivity contribution in [2.45, 2.75) is 12.5 Å². The van der Waals surface area contributed by atoms with Crippen molar-refractivity contribution in [2.24, 2.45) is 4.99 Å². The van der Waals surface area contributed by atoms with E-state index in [9.17, 15) is 4.39 Å². The summed E-state index contributed by atoms with van der Waals surface area (Å²) in [5.74, 6) is 5.82. The predicted octanol–water partition coefficient (Wildman–Crippen LogP) is 3.11. The van der Waals surface area contributed by atoms with Crippen LogP contribution in [-0.2, 0) is 0 Å².